The van der Waals surface area contributed by atoms with Gasteiger partial charge in [0.15, 0.2) is 0 Å². The van der Waals surface area contributed by atoms with Gasteiger partial charge in [0.05, 0.1) is 57.6 Å². The Labute approximate surface area is 443 Å². The van der Waals surface area contributed by atoms with Crippen molar-refractivity contribution < 1.29 is 135 Å². The molecule has 0 saturated carbocycles. The Kier molecular flexibility index (Phi) is 40.8. The molecule has 4 rings (SSSR count). The minimum atomic E-state index is -1.13. The summed E-state index contributed by atoms with van der Waals surface area (Å²) in [7, 11) is 0. The third-order valence-electron chi connectivity index (χ3n) is 8.86. The van der Waals surface area contributed by atoms with Crippen LogP contribution in [0.1, 0.15) is 93.9 Å². The lowest BCUT2D eigenvalue weighted by Crippen LogP contribution is -2.41. The second-order valence-corrected chi connectivity index (χ2v) is 14.5. The maximum absolute atomic E-state index is 11.9. The molecular weight excluding hydrogens is 1040 g/mol. The van der Waals surface area contributed by atoms with Crippen LogP contribution >= 0.6 is 0 Å². The molecule has 4 aliphatic rings. The predicted octanol–water partition coefficient (Wildman–Crippen LogP) is -0.118. The van der Waals surface area contributed by atoms with Crippen LogP contribution in [0.4, 0.5) is 0 Å². The minimum absolute atomic E-state index is 0. The number of imide groups is 4. The summed E-state index contributed by atoms with van der Waals surface area (Å²) in [6.07, 6.45) is 0.958. The first kappa shape index (κ1) is 74.4. The maximum atomic E-state index is 11.9. The van der Waals surface area contributed by atoms with Crippen LogP contribution in [0.15, 0.2) is 25.7 Å². The Morgan fingerprint density at radius 1 is 0.416 bits per heavy atom. The molecule has 8 amide bonds. The van der Waals surface area contributed by atoms with E-state index in [4.69, 9.17) is 38.6 Å². The molecule has 0 spiro atoms. The fourth-order valence-corrected chi connectivity index (χ4v) is 5.42. The first-order valence-electron chi connectivity index (χ1n) is 21.7. The van der Waals surface area contributed by atoms with Gasteiger partial charge in [-0.1, -0.05) is 42.9 Å². The van der Waals surface area contributed by atoms with Gasteiger partial charge in [-0.2, -0.15) is 0 Å². The van der Waals surface area contributed by atoms with Gasteiger partial charge in [-0.05, 0) is 0 Å². The zero-order valence-electron chi connectivity index (χ0n) is 39.3. The summed E-state index contributed by atoms with van der Waals surface area (Å²) in [5, 5.41) is 18.3. The van der Waals surface area contributed by atoms with Gasteiger partial charge in [-0.15, -0.1) is 30.2 Å². The number of esters is 2. The lowest BCUT2D eigenvalue weighted by Gasteiger charge is -2.31. The SMILES string of the molecule is C.C.C.C.C=COCC(COC=C)(COCCOC(=O)CC(=O)ON1C(=O)CCC1=O)COCCOC(=O)CC(=O)ON1C(=O)CCC1=O.O=C1CCC(=O)N1OOCCOCO.O=C1CCC(=O)N1OOCCOCO. The van der Waals surface area contributed by atoms with Gasteiger partial charge < -0.3 is 57.8 Å². The van der Waals surface area contributed by atoms with Crippen LogP contribution in [-0.2, 0) is 125 Å². The maximum Gasteiger partial charge on any atom is 0.344 e. The van der Waals surface area contributed by atoms with Crippen LogP contribution < -0.4 is 0 Å². The van der Waals surface area contributed by atoms with E-state index in [-0.39, 0.29) is 160 Å². The van der Waals surface area contributed by atoms with Crippen molar-refractivity contribution in [3.63, 3.8) is 0 Å². The van der Waals surface area contributed by atoms with Gasteiger partial charge in [-0.25, -0.2) is 19.4 Å². The van der Waals surface area contributed by atoms with E-state index in [1.165, 1.54) is 12.5 Å². The van der Waals surface area contributed by atoms with Gasteiger partial charge in [0, 0.05) is 51.4 Å². The van der Waals surface area contributed by atoms with Crippen molar-refractivity contribution in [3.8, 4) is 0 Å². The van der Waals surface area contributed by atoms with Crippen LogP contribution in [0.2, 0.25) is 0 Å². The Morgan fingerprint density at radius 3 is 0.987 bits per heavy atom. The molecule has 440 valence electrons. The molecule has 0 radical (unpaired) electrons. The molecule has 4 fully saturated rings. The standard InChI is InChI=1S/C27H34N2O16.2C7H11NO6.4CH4/c1-3-38-15-27(16-39-4-2,17-40-9-11-42-23(34)13-25(36)44-28-19(30)5-6-20(28)31)18-41-10-12-43-24(35)14-26(37)45-29-21(32)7-8-22(29)33;2*9-5-12-3-4-13-14-8-6(10)1-2-7(8)11;;;;/h3-4H,1-2,5-18H2;2*9H,1-5H2;4*1H4. The lowest BCUT2D eigenvalue weighted by molar-refractivity contribution is -0.396. The number of aliphatic hydroxyl groups excluding tert-OH is 2. The Balaban J connectivity index is -0.00000139. The van der Waals surface area contributed by atoms with Crippen molar-refractivity contribution in [2.24, 2.45) is 5.41 Å². The highest BCUT2D eigenvalue weighted by Crippen LogP contribution is 2.22. The lowest BCUT2D eigenvalue weighted by atomic mass is 9.92. The normalized spacial score (nSPS) is 14.7. The summed E-state index contributed by atoms with van der Waals surface area (Å²) < 4.78 is 40.7. The number of amides is 8. The number of carbonyl (C=O) groups is 12. The van der Waals surface area contributed by atoms with Crippen LogP contribution in [0.5, 0.6) is 0 Å². The van der Waals surface area contributed by atoms with Crippen LogP contribution in [0.3, 0.4) is 0 Å². The van der Waals surface area contributed by atoms with E-state index in [1.54, 1.807) is 0 Å². The molecule has 4 saturated heterocycles. The molecule has 0 aliphatic carbocycles. The van der Waals surface area contributed by atoms with Crippen molar-refractivity contribution in [2.45, 2.75) is 93.9 Å². The van der Waals surface area contributed by atoms with Crippen molar-refractivity contribution in [2.75, 3.05) is 92.9 Å². The van der Waals surface area contributed by atoms with E-state index in [2.05, 4.69) is 52.1 Å². The van der Waals surface area contributed by atoms with Crippen LogP contribution in [-0.4, -0.2) is 194 Å². The number of hydroxylamine groups is 8. The highest BCUT2D eigenvalue weighted by molar-refractivity contribution is 6.03. The summed E-state index contributed by atoms with van der Waals surface area (Å²) in [5.41, 5.74) is -0.951. The fourth-order valence-electron chi connectivity index (χ4n) is 5.42. The van der Waals surface area contributed by atoms with Gasteiger partial charge in [0.1, 0.15) is 66.1 Å². The fraction of sp³-hybridized carbons (Fsp3) is 0.644. The molecule has 4 aliphatic heterocycles. The summed E-state index contributed by atoms with van der Waals surface area (Å²) >= 11 is 0. The van der Waals surface area contributed by atoms with E-state index in [1.807, 2.05) is 0 Å². The molecular formula is C45H72N4O28. The summed E-state index contributed by atoms with van der Waals surface area (Å²) in [6.45, 7) is 5.62. The second kappa shape index (κ2) is 42.3. The molecule has 77 heavy (non-hydrogen) atoms. The number of hydrogen-bond donors (Lipinski definition) is 2. The highest BCUT2D eigenvalue weighted by atomic mass is 17.3. The topological polar surface area (TPSA) is 387 Å². The zero-order chi connectivity index (χ0) is 54.0. The van der Waals surface area contributed by atoms with Gasteiger partial charge in [-0.3, -0.25) is 47.9 Å². The molecule has 4 heterocycles. The molecule has 2 N–H and O–H groups in total. The predicted molar refractivity (Wildman–Crippen MR) is 251 cm³/mol. The van der Waals surface area contributed by atoms with Crippen molar-refractivity contribution in [1.29, 1.82) is 0 Å². The van der Waals surface area contributed by atoms with Crippen LogP contribution in [0.25, 0.3) is 0 Å². The van der Waals surface area contributed by atoms with Crippen LogP contribution in [0, 0.1) is 5.41 Å². The average molecular weight is 1120 g/mol. The third kappa shape index (κ3) is 29.3. The average Bonchev–Trinajstić information content (AvgIpc) is 4.07. The van der Waals surface area contributed by atoms with Crippen molar-refractivity contribution in [1.82, 2.24) is 20.3 Å². The third-order valence-corrected chi connectivity index (χ3v) is 8.86. The number of ether oxygens (including phenoxy) is 8. The summed E-state index contributed by atoms with van der Waals surface area (Å²) in [6, 6.07) is 0. The molecule has 0 aromatic carbocycles. The van der Waals surface area contributed by atoms with E-state index in [0.29, 0.717) is 20.3 Å². The molecule has 32 nitrogen and oxygen atoms in total. The quantitative estimate of drug-likeness (QED) is 0.0124. The number of aliphatic hydroxyl groups is 2. The molecule has 0 unspecified atom stereocenters. The van der Waals surface area contributed by atoms with E-state index in [0.717, 1.165) is 0 Å². The number of rotatable bonds is 34. The second-order valence-electron chi connectivity index (χ2n) is 14.5. The van der Waals surface area contributed by atoms with Gasteiger partial charge in [0.2, 0.25) is 0 Å². The molecule has 32 heteroatoms. The zero-order valence-corrected chi connectivity index (χ0v) is 39.3. The summed E-state index contributed by atoms with van der Waals surface area (Å²) in [4.78, 5) is 164. The number of carbonyl (C=O) groups excluding carboxylic acids is 12. The smallest absolute Gasteiger partial charge is 0.344 e. The van der Waals surface area contributed by atoms with E-state index in [9.17, 15) is 57.5 Å². The molecule has 0 aromatic rings. The largest absolute Gasteiger partial charge is 0.501 e. The first-order valence-corrected chi connectivity index (χ1v) is 21.7. The van der Waals surface area contributed by atoms with E-state index >= 15 is 0 Å². The van der Waals surface area contributed by atoms with Gasteiger partial charge >= 0.3 is 23.9 Å². The van der Waals surface area contributed by atoms with Gasteiger partial charge in [0.25, 0.3) is 47.3 Å². The highest BCUT2D eigenvalue weighted by Gasteiger charge is 2.36. The van der Waals surface area contributed by atoms with Crippen molar-refractivity contribution in [3.05, 3.63) is 25.7 Å². The monoisotopic (exact) mass is 1120 g/mol. The van der Waals surface area contributed by atoms with Crippen molar-refractivity contribution >= 4 is 71.1 Å². The summed E-state index contributed by atoms with van der Waals surface area (Å²) in [5.74, 6) is -8.61. The van der Waals surface area contributed by atoms with E-state index < -0.39 is 103 Å². The Bertz CT molecular complexity index is 1730. The molecule has 0 atom stereocenters. The Morgan fingerprint density at radius 2 is 0.701 bits per heavy atom. The molecule has 0 bridgehead atoms. The molecule has 0 aromatic heterocycles. The number of nitrogens with zero attached hydrogens (tertiary/aromatic N) is 4. The number of hydrogen-bond acceptors (Lipinski definition) is 28. The minimum Gasteiger partial charge on any atom is -0.501 e. The first-order chi connectivity index (χ1) is 35.0. The Hall–Kier alpha value is -6.88.